The van der Waals surface area contributed by atoms with Crippen LogP contribution in [-0.4, -0.2) is 50.5 Å². The second kappa shape index (κ2) is 8.34. The number of amides is 1. The van der Waals surface area contributed by atoms with Crippen LogP contribution < -0.4 is 0 Å². The number of pyridine rings is 1. The van der Waals surface area contributed by atoms with Crippen LogP contribution in [0.2, 0.25) is 5.02 Å². The Morgan fingerprint density at radius 1 is 1.13 bits per heavy atom. The molecule has 0 unspecified atom stereocenters. The first-order valence-corrected chi connectivity index (χ1v) is 11.6. The highest BCUT2D eigenvalue weighted by Gasteiger charge is 2.30. The molecule has 2 aromatic carbocycles. The van der Waals surface area contributed by atoms with Gasteiger partial charge in [0.15, 0.2) is 0 Å². The van der Waals surface area contributed by atoms with Crippen molar-refractivity contribution < 1.29 is 17.9 Å². The SMILES string of the molecule is CCc1ccc(S(=O)(=O)c2c(C(=O)N3CCOCC3)cnc3ccc(Cl)cc23)cc1. The number of halogens is 1. The molecule has 1 aliphatic heterocycles. The Morgan fingerprint density at radius 3 is 2.50 bits per heavy atom. The lowest BCUT2D eigenvalue weighted by molar-refractivity contribution is 0.0300. The number of benzene rings is 2. The zero-order chi connectivity index (χ0) is 21.3. The number of hydrogen-bond acceptors (Lipinski definition) is 5. The quantitative estimate of drug-likeness (QED) is 0.612. The van der Waals surface area contributed by atoms with Crippen molar-refractivity contribution in [1.29, 1.82) is 0 Å². The monoisotopic (exact) mass is 444 g/mol. The van der Waals surface area contributed by atoms with E-state index in [0.29, 0.717) is 42.2 Å². The van der Waals surface area contributed by atoms with E-state index in [0.717, 1.165) is 12.0 Å². The molecule has 0 spiro atoms. The number of aryl methyl sites for hydroxylation is 1. The molecule has 1 saturated heterocycles. The molecule has 0 aliphatic carbocycles. The zero-order valence-electron chi connectivity index (χ0n) is 16.5. The minimum absolute atomic E-state index is 0.0474. The molecule has 30 heavy (non-hydrogen) atoms. The molecule has 2 heterocycles. The van der Waals surface area contributed by atoms with E-state index >= 15 is 0 Å². The van der Waals surface area contributed by atoms with Crippen molar-refractivity contribution in [3.8, 4) is 0 Å². The molecule has 1 aromatic heterocycles. The number of carbonyl (C=O) groups is 1. The molecule has 0 bridgehead atoms. The number of fused-ring (bicyclic) bond motifs is 1. The summed E-state index contributed by atoms with van der Waals surface area (Å²) in [7, 11) is -4.00. The summed E-state index contributed by atoms with van der Waals surface area (Å²) in [6.45, 7) is 3.63. The average molecular weight is 445 g/mol. The summed E-state index contributed by atoms with van der Waals surface area (Å²) in [5.74, 6) is -0.378. The lowest BCUT2D eigenvalue weighted by atomic mass is 10.1. The second-order valence-corrected chi connectivity index (χ2v) is 9.39. The zero-order valence-corrected chi connectivity index (χ0v) is 18.0. The van der Waals surface area contributed by atoms with Crippen molar-refractivity contribution >= 4 is 38.2 Å². The van der Waals surface area contributed by atoms with Gasteiger partial charge in [0, 0.05) is 29.7 Å². The van der Waals surface area contributed by atoms with E-state index < -0.39 is 9.84 Å². The molecule has 0 radical (unpaired) electrons. The van der Waals surface area contributed by atoms with Gasteiger partial charge in [0.1, 0.15) is 0 Å². The third-order valence-electron chi connectivity index (χ3n) is 5.22. The maximum absolute atomic E-state index is 13.7. The molecule has 4 rings (SSSR count). The number of rotatable bonds is 4. The predicted molar refractivity (Wildman–Crippen MR) is 115 cm³/mol. The van der Waals surface area contributed by atoms with Gasteiger partial charge in [0.2, 0.25) is 9.84 Å². The van der Waals surface area contributed by atoms with Gasteiger partial charge in [-0.1, -0.05) is 30.7 Å². The fourth-order valence-corrected chi connectivity index (χ4v) is 5.33. The van der Waals surface area contributed by atoms with Crippen molar-refractivity contribution in [2.24, 2.45) is 0 Å². The summed E-state index contributed by atoms with van der Waals surface area (Å²) in [6.07, 6.45) is 2.15. The van der Waals surface area contributed by atoms with E-state index in [1.54, 1.807) is 47.4 Å². The minimum atomic E-state index is -4.00. The Hall–Kier alpha value is -2.48. The van der Waals surface area contributed by atoms with E-state index in [4.69, 9.17) is 16.3 Å². The summed E-state index contributed by atoms with van der Waals surface area (Å²) < 4.78 is 32.7. The molecule has 0 atom stereocenters. The fourth-order valence-electron chi connectivity index (χ4n) is 3.54. The standard InChI is InChI=1S/C22H21ClN2O4S/c1-2-15-3-6-17(7-4-15)30(27,28)21-18-13-16(23)5-8-20(18)24-14-19(21)22(26)25-9-11-29-12-10-25/h3-8,13-14H,2,9-12H2,1H3. The minimum Gasteiger partial charge on any atom is -0.378 e. The van der Waals surface area contributed by atoms with Gasteiger partial charge in [-0.05, 0) is 42.3 Å². The first-order valence-electron chi connectivity index (χ1n) is 9.71. The predicted octanol–water partition coefficient (Wildman–Crippen LogP) is 3.76. The molecular weight excluding hydrogens is 424 g/mol. The van der Waals surface area contributed by atoms with E-state index in [-0.39, 0.29) is 21.3 Å². The molecule has 0 N–H and O–H groups in total. The molecule has 156 valence electrons. The maximum Gasteiger partial charge on any atom is 0.256 e. The number of nitrogens with zero attached hydrogens (tertiary/aromatic N) is 2. The summed E-state index contributed by atoms with van der Waals surface area (Å²) >= 11 is 6.17. The van der Waals surface area contributed by atoms with Crippen LogP contribution in [0.5, 0.6) is 0 Å². The van der Waals surface area contributed by atoms with Gasteiger partial charge in [0.25, 0.3) is 5.91 Å². The molecule has 1 amide bonds. The third-order valence-corrected chi connectivity index (χ3v) is 7.33. The van der Waals surface area contributed by atoms with E-state index in [1.807, 2.05) is 6.92 Å². The topological polar surface area (TPSA) is 76.6 Å². The molecule has 0 saturated carbocycles. The van der Waals surface area contributed by atoms with Crippen molar-refractivity contribution in [1.82, 2.24) is 9.88 Å². The van der Waals surface area contributed by atoms with Crippen molar-refractivity contribution in [2.45, 2.75) is 23.1 Å². The molecule has 1 aliphatic rings. The Balaban J connectivity index is 1.94. The van der Waals surface area contributed by atoms with Crippen LogP contribution in [0.25, 0.3) is 10.9 Å². The second-order valence-electron chi connectivity index (χ2n) is 7.07. The van der Waals surface area contributed by atoms with Crippen molar-refractivity contribution in [3.05, 3.63) is 64.8 Å². The fraction of sp³-hybridized carbons (Fsp3) is 0.273. The molecule has 3 aromatic rings. The summed E-state index contributed by atoms with van der Waals surface area (Å²) in [5, 5.41) is 0.708. The van der Waals surface area contributed by atoms with Gasteiger partial charge >= 0.3 is 0 Å². The van der Waals surface area contributed by atoms with Crippen LogP contribution in [0.1, 0.15) is 22.8 Å². The van der Waals surface area contributed by atoms with Crippen molar-refractivity contribution in [3.63, 3.8) is 0 Å². The normalized spacial score (nSPS) is 14.8. The van der Waals surface area contributed by atoms with Gasteiger partial charge in [-0.3, -0.25) is 9.78 Å². The third kappa shape index (κ3) is 3.80. The largest absolute Gasteiger partial charge is 0.378 e. The van der Waals surface area contributed by atoms with Crippen LogP contribution >= 0.6 is 11.6 Å². The Kier molecular flexibility index (Phi) is 5.77. The van der Waals surface area contributed by atoms with Crippen LogP contribution in [0.3, 0.4) is 0 Å². The molecule has 8 heteroatoms. The highest BCUT2D eigenvalue weighted by Crippen LogP contribution is 2.33. The smallest absolute Gasteiger partial charge is 0.256 e. The van der Waals surface area contributed by atoms with E-state index in [1.165, 1.54) is 6.20 Å². The Labute approximate surface area is 180 Å². The van der Waals surface area contributed by atoms with Crippen LogP contribution in [-0.2, 0) is 21.0 Å². The Bertz CT molecular complexity index is 1200. The first-order chi connectivity index (χ1) is 14.4. The number of carbonyl (C=O) groups excluding carboxylic acids is 1. The van der Waals surface area contributed by atoms with Crippen LogP contribution in [0, 0.1) is 0 Å². The molecular formula is C22H21ClN2O4S. The van der Waals surface area contributed by atoms with E-state index in [9.17, 15) is 13.2 Å². The van der Waals surface area contributed by atoms with Crippen LogP contribution in [0.4, 0.5) is 0 Å². The molecule has 1 fully saturated rings. The van der Waals surface area contributed by atoms with Gasteiger partial charge in [-0.25, -0.2) is 8.42 Å². The summed E-state index contributed by atoms with van der Waals surface area (Å²) in [5.41, 5.74) is 1.54. The Morgan fingerprint density at radius 2 is 1.83 bits per heavy atom. The first kappa shape index (κ1) is 20.8. The highest BCUT2D eigenvalue weighted by atomic mass is 35.5. The summed E-state index contributed by atoms with van der Waals surface area (Å²) in [4.78, 5) is 19.3. The number of sulfone groups is 1. The summed E-state index contributed by atoms with van der Waals surface area (Å²) in [6, 6.07) is 11.6. The van der Waals surface area contributed by atoms with Gasteiger partial charge in [-0.15, -0.1) is 0 Å². The van der Waals surface area contributed by atoms with Gasteiger partial charge < -0.3 is 9.64 Å². The van der Waals surface area contributed by atoms with Gasteiger partial charge in [-0.2, -0.15) is 0 Å². The van der Waals surface area contributed by atoms with E-state index in [2.05, 4.69) is 4.98 Å². The van der Waals surface area contributed by atoms with Crippen LogP contribution in [0.15, 0.2) is 58.5 Å². The lowest BCUT2D eigenvalue weighted by Gasteiger charge is -2.27. The number of aromatic nitrogens is 1. The number of hydrogen-bond donors (Lipinski definition) is 0. The molecule has 6 nitrogen and oxygen atoms in total. The lowest BCUT2D eigenvalue weighted by Crippen LogP contribution is -2.41. The number of ether oxygens (including phenoxy) is 1. The number of morpholine rings is 1. The maximum atomic E-state index is 13.7. The van der Waals surface area contributed by atoms with Crippen molar-refractivity contribution in [2.75, 3.05) is 26.3 Å². The van der Waals surface area contributed by atoms with Gasteiger partial charge in [0.05, 0.1) is 34.1 Å². The average Bonchev–Trinajstić information content (AvgIpc) is 2.78. The highest BCUT2D eigenvalue weighted by molar-refractivity contribution is 7.91.